The zero-order chi connectivity index (χ0) is 11.4. The van der Waals surface area contributed by atoms with E-state index in [0.29, 0.717) is 11.3 Å². The molecule has 0 bridgehead atoms. The minimum absolute atomic E-state index is 0.128. The van der Waals surface area contributed by atoms with Gasteiger partial charge in [-0.3, -0.25) is 9.78 Å². The summed E-state index contributed by atoms with van der Waals surface area (Å²) in [7, 11) is 0. The van der Waals surface area contributed by atoms with E-state index in [1.165, 1.54) is 19.2 Å². The van der Waals surface area contributed by atoms with E-state index < -0.39 is 12.2 Å². The predicted molar refractivity (Wildman–Crippen MR) is 59.0 cm³/mol. The Labute approximate surface area is 96.1 Å². The molecule has 0 fully saturated rings. The first kappa shape index (κ1) is 12.3. The van der Waals surface area contributed by atoms with Crippen LogP contribution in [0.5, 0.6) is 0 Å². The normalized spacial score (nSPS) is 14.7. The summed E-state index contributed by atoms with van der Waals surface area (Å²) in [5.41, 5.74) is 0.839. The molecule has 82 valence electrons. The fourth-order valence-corrected chi connectivity index (χ4v) is 1.45. The summed E-state index contributed by atoms with van der Waals surface area (Å²) in [5.74, 6) is -0.128. The fourth-order valence-electron chi connectivity index (χ4n) is 1.10. The van der Waals surface area contributed by atoms with Gasteiger partial charge in [-0.05, 0) is 6.07 Å². The van der Waals surface area contributed by atoms with Crippen LogP contribution in [0.4, 0.5) is 0 Å². The Morgan fingerprint density at radius 2 is 2.20 bits per heavy atom. The molecule has 0 aliphatic heterocycles. The van der Waals surface area contributed by atoms with Crippen molar-refractivity contribution in [3.8, 4) is 0 Å². The van der Waals surface area contributed by atoms with Gasteiger partial charge in [-0.2, -0.15) is 0 Å². The highest BCUT2D eigenvalue weighted by atomic mass is 79.9. The molecule has 0 radical (unpaired) electrons. The number of rotatable bonds is 4. The molecule has 1 heterocycles. The van der Waals surface area contributed by atoms with Gasteiger partial charge in [0.1, 0.15) is 11.8 Å². The van der Waals surface area contributed by atoms with E-state index in [1.54, 1.807) is 6.07 Å². The third-order valence-electron chi connectivity index (χ3n) is 2.01. The predicted octanol–water partition coefficient (Wildman–Crippen LogP) is 1.07. The lowest BCUT2D eigenvalue weighted by Gasteiger charge is -2.15. The lowest BCUT2D eigenvalue weighted by atomic mass is 10.1. The molecular weight excluding hydrogens is 262 g/mol. The number of halogens is 1. The van der Waals surface area contributed by atoms with Crippen LogP contribution in [0.3, 0.4) is 0 Å². The number of nitrogens with zero attached hydrogens (tertiary/aromatic N) is 1. The molecule has 0 aromatic carbocycles. The van der Waals surface area contributed by atoms with Crippen molar-refractivity contribution in [1.29, 1.82) is 0 Å². The van der Waals surface area contributed by atoms with Crippen molar-refractivity contribution in [3.63, 3.8) is 0 Å². The standard InChI is InChI=1S/C10H12BrNO3/c1-6(13)8-3-2-7(5-12-8)10(15)9(14)4-11/h2-3,5,9-10,14-15H,4H2,1H3. The van der Waals surface area contributed by atoms with Crippen molar-refractivity contribution in [2.45, 2.75) is 19.1 Å². The number of aliphatic hydroxyl groups is 2. The Morgan fingerprint density at radius 3 is 2.60 bits per heavy atom. The van der Waals surface area contributed by atoms with E-state index in [-0.39, 0.29) is 11.1 Å². The molecule has 4 nitrogen and oxygen atoms in total. The van der Waals surface area contributed by atoms with Crippen LogP contribution >= 0.6 is 15.9 Å². The first-order valence-electron chi connectivity index (χ1n) is 4.45. The molecule has 0 aliphatic carbocycles. The molecule has 1 aromatic heterocycles. The first-order valence-corrected chi connectivity index (χ1v) is 5.57. The number of ketones is 1. The summed E-state index contributed by atoms with van der Waals surface area (Å²) < 4.78 is 0. The Kier molecular flexibility index (Phi) is 4.38. The van der Waals surface area contributed by atoms with Crippen molar-refractivity contribution in [1.82, 2.24) is 4.98 Å². The highest BCUT2D eigenvalue weighted by molar-refractivity contribution is 9.09. The SMILES string of the molecule is CC(=O)c1ccc(C(O)C(O)CBr)cn1. The average Bonchev–Trinajstić information content (AvgIpc) is 2.27. The number of aliphatic hydroxyl groups excluding tert-OH is 2. The number of pyridine rings is 1. The highest BCUT2D eigenvalue weighted by Crippen LogP contribution is 2.17. The van der Waals surface area contributed by atoms with Gasteiger partial charge >= 0.3 is 0 Å². The number of aromatic nitrogens is 1. The number of hydrogen-bond donors (Lipinski definition) is 2. The van der Waals surface area contributed by atoms with Crippen LogP contribution in [0.25, 0.3) is 0 Å². The van der Waals surface area contributed by atoms with Gasteiger partial charge in [0, 0.05) is 24.0 Å². The molecule has 1 aromatic rings. The van der Waals surface area contributed by atoms with Crippen LogP contribution < -0.4 is 0 Å². The lowest BCUT2D eigenvalue weighted by Crippen LogP contribution is -2.19. The van der Waals surface area contributed by atoms with E-state index in [9.17, 15) is 15.0 Å². The Morgan fingerprint density at radius 1 is 1.53 bits per heavy atom. The third kappa shape index (κ3) is 3.09. The van der Waals surface area contributed by atoms with Gasteiger partial charge < -0.3 is 10.2 Å². The van der Waals surface area contributed by atoms with Gasteiger partial charge in [0.2, 0.25) is 0 Å². The Balaban J connectivity index is 2.84. The van der Waals surface area contributed by atoms with Crippen molar-refractivity contribution in [3.05, 3.63) is 29.6 Å². The quantitative estimate of drug-likeness (QED) is 0.636. The van der Waals surface area contributed by atoms with Crippen molar-refractivity contribution in [2.75, 3.05) is 5.33 Å². The Hall–Kier alpha value is -0.780. The van der Waals surface area contributed by atoms with Gasteiger partial charge in [-0.15, -0.1) is 0 Å². The number of carbonyl (C=O) groups is 1. The van der Waals surface area contributed by atoms with Gasteiger partial charge in [-0.1, -0.05) is 22.0 Å². The van der Waals surface area contributed by atoms with Crippen LogP contribution in [0.1, 0.15) is 29.1 Å². The number of Topliss-reactive ketones (excluding diaryl/α,β-unsaturated/α-hetero) is 1. The van der Waals surface area contributed by atoms with Gasteiger partial charge in [-0.25, -0.2) is 0 Å². The lowest BCUT2D eigenvalue weighted by molar-refractivity contribution is 0.0340. The summed E-state index contributed by atoms with van der Waals surface area (Å²) >= 11 is 3.07. The molecule has 0 amide bonds. The van der Waals surface area contributed by atoms with Gasteiger partial charge in [0.05, 0.1) is 6.10 Å². The van der Waals surface area contributed by atoms with Crippen LogP contribution in [0.15, 0.2) is 18.3 Å². The molecule has 15 heavy (non-hydrogen) atoms. The smallest absolute Gasteiger partial charge is 0.178 e. The second-order valence-corrected chi connectivity index (χ2v) is 3.85. The largest absolute Gasteiger partial charge is 0.389 e. The maximum absolute atomic E-state index is 10.9. The average molecular weight is 274 g/mol. The van der Waals surface area contributed by atoms with Crippen LogP contribution in [-0.4, -0.2) is 32.4 Å². The van der Waals surface area contributed by atoms with Crippen molar-refractivity contribution in [2.24, 2.45) is 0 Å². The fraction of sp³-hybridized carbons (Fsp3) is 0.400. The monoisotopic (exact) mass is 273 g/mol. The van der Waals surface area contributed by atoms with Crippen molar-refractivity contribution >= 4 is 21.7 Å². The number of carbonyl (C=O) groups excluding carboxylic acids is 1. The minimum Gasteiger partial charge on any atom is -0.389 e. The minimum atomic E-state index is -0.988. The number of hydrogen-bond acceptors (Lipinski definition) is 4. The molecular formula is C10H12BrNO3. The molecule has 2 atom stereocenters. The zero-order valence-electron chi connectivity index (χ0n) is 8.22. The molecule has 2 N–H and O–H groups in total. The van der Waals surface area contributed by atoms with Crippen LogP contribution in [-0.2, 0) is 0 Å². The molecule has 0 aliphatic rings. The molecule has 2 unspecified atom stereocenters. The summed E-state index contributed by atoms with van der Waals surface area (Å²) in [6, 6.07) is 3.11. The second-order valence-electron chi connectivity index (χ2n) is 3.20. The summed E-state index contributed by atoms with van der Waals surface area (Å²) in [6.07, 6.45) is -0.472. The van der Waals surface area contributed by atoms with Crippen LogP contribution in [0, 0.1) is 0 Å². The van der Waals surface area contributed by atoms with E-state index in [0.717, 1.165) is 0 Å². The number of alkyl halides is 1. The van der Waals surface area contributed by atoms with Crippen LogP contribution in [0.2, 0.25) is 0 Å². The maximum Gasteiger partial charge on any atom is 0.178 e. The summed E-state index contributed by atoms with van der Waals surface area (Å²) in [4.78, 5) is 14.8. The zero-order valence-corrected chi connectivity index (χ0v) is 9.81. The van der Waals surface area contributed by atoms with E-state index >= 15 is 0 Å². The second kappa shape index (κ2) is 5.34. The summed E-state index contributed by atoms with van der Waals surface area (Å²) in [6.45, 7) is 1.42. The topological polar surface area (TPSA) is 70.4 Å². The van der Waals surface area contributed by atoms with E-state index in [4.69, 9.17) is 0 Å². The molecule has 0 spiro atoms. The molecule has 0 saturated carbocycles. The molecule has 5 heteroatoms. The van der Waals surface area contributed by atoms with E-state index in [1.807, 2.05) is 0 Å². The molecule has 0 saturated heterocycles. The van der Waals surface area contributed by atoms with E-state index in [2.05, 4.69) is 20.9 Å². The summed E-state index contributed by atoms with van der Waals surface area (Å²) in [5, 5.41) is 19.3. The third-order valence-corrected chi connectivity index (χ3v) is 2.67. The molecule has 1 rings (SSSR count). The van der Waals surface area contributed by atoms with Gasteiger partial charge in [0.25, 0.3) is 0 Å². The first-order chi connectivity index (χ1) is 7.06. The van der Waals surface area contributed by atoms with Gasteiger partial charge in [0.15, 0.2) is 5.78 Å². The Bertz CT molecular complexity index is 339. The maximum atomic E-state index is 10.9. The van der Waals surface area contributed by atoms with Crippen molar-refractivity contribution < 1.29 is 15.0 Å². The highest BCUT2D eigenvalue weighted by Gasteiger charge is 2.17.